The van der Waals surface area contributed by atoms with Gasteiger partial charge in [-0.15, -0.1) is 0 Å². The predicted octanol–water partition coefficient (Wildman–Crippen LogP) is 5.35. The molecule has 3 aromatic carbocycles. The highest BCUT2D eigenvalue weighted by atomic mass is 79.9. The average molecular weight is 473 g/mol. The van der Waals surface area contributed by atoms with Gasteiger partial charge < -0.3 is 14.5 Å². The zero-order valence-corrected chi connectivity index (χ0v) is 18.8. The number of carbonyl (C=O) groups excluding carboxylic acids is 1. The van der Waals surface area contributed by atoms with Gasteiger partial charge in [0, 0.05) is 25.0 Å². The van der Waals surface area contributed by atoms with Crippen LogP contribution in [0.4, 0.5) is 0 Å². The molecule has 5 nitrogen and oxygen atoms in total. The molecule has 5 rings (SSSR count). The second-order valence-electron chi connectivity index (χ2n) is 7.57. The summed E-state index contributed by atoms with van der Waals surface area (Å²) < 4.78 is 4.76. The van der Waals surface area contributed by atoms with Crippen LogP contribution in [-0.2, 0) is 14.1 Å². The molecule has 0 saturated heterocycles. The summed E-state index contributed by atoms with van der Waals surface area (Å²) in [6.07, 6.45) is 0. The zero-order valence-electron chi connectivity index (χ0n) is 17.2. The Balaban J connectivity index is 1.62. The number of fused-ring (bicyclic) bond motifs is 2. The number of para-hydroxylation sites is 3. The van der Waals surface area contributed by atoms with Crippen molar-refractivity contribution in [3.05, 3.63) is 100 Å². The summed E-state index contributed by atoms with van der Waals surface area (Å²) in [7, 11) is 3.90. The molecule has 0 aliphatic rings. The average Bonchev–Trinajstić information content (AvgIpc) is 3.27. The maximum atomic E-state index is 13.5. The quantitative estimate of drug-likeness (QED) is 0.383. The largest absolute Gasteiger partial charge is 0.339 e. The van der Waals surface area contributed by atoms with E-state index in [2.05, 4.69) is 21.2 Å². The molecule has 0 aliphatic heterocycles. The van der Waals surface area contributed by atoms with E-state index in [0.717, 1.165) is 37.8 Å². The summed E-state index contributed by atoms with van der Waals surface area (Å²) in [6, 6.07) is 25.5. The second kappa shape index (κ2) is 7.71. The molecule has 0 radical (unpaired) electrons. The number of halogens is 1. The molecule has 0 fully saturated rings. The van der Waals surface area contributed by atoms with Crippen molar-refractivity contribution in [3.63, 3.8) is 0 Å². The Labute approximate surface area is 188 Å². The number of benzene rings is 3. The first-order valence-corrected chi connectivity index (χ1v) is 10.9. The van der Waals surface area contributed by atoms with Crippen LogP contribution in [0.1, 0.15) is 27.9 Å². The van der Waals surface area contributed by atoms with Crippen LogP contribution in [0.15, 0.2) is 83.3 Å². The normalized spacial score (nSPS) is 12.4. The third-order valence-electron chi connectivity index (χ3n) is 5.75. The summed E-state index contributed by atoms with van der Waals surface area (Å²) >= 11 is 3.65. The smallest absolute Gasteiger partial charge is 0.269 e. The highest BCUT2D eigenvalue weighted by molar-refractivity contribution is 9.10. The van der Waals surface area contributed by atoms with Crippen LogP contribution in [0.2, 0.25) is 0 Å². The molecule has 0 saturated carbocycles. The number of aromatic nitrogens is 3. The van der Waals surface area contributed by atoms with Gasteiger partial charge in [0.05, 0.1) is 15.5 Å². The fourth-order valence-corrected chi connectivity index (χ4v) is 4.94. The van der Waals surface area contributed by atoms with E-state index in [1.54, 1.807) is 0 Å². The topological polar surface area (TPSA) is 51.9 Å². The van der Waals surface area contributed by atoms with Gasteiger partial charge in [0.15, 0.2) is 0 Å². The van der Waals surface area contributed by atoms with Crippen molar-refractivity contribution in [2.45, 2.75) is 6.04 Å². The molecule has 1 unspecified atom stereocenters. The zero-order chi connectivity index (χ0) is 21.5. The number of carbonyl (C=O) groups is 1. The van der Waals surface area contributed by atoms with Gasteiger partial charge in [-0.3, -0.25) is 4.79 Å². The van der Waals surface area contributed by atoms with Crippen LogP contribution in [0.3, 0.4) is 0 Å². The van der Waals surface area contributed by atoms with Crippen LogP contribution in [0, 0.1) is 0 Å². The van der Waals surface area contributed by atoms with E-state index in [4.69, 9.17) is 4.98 Å². The minimum Gasteiger partial charge on any atom is -0.339 e. The highest BCUT2D eigenvalue weighted by Crippen LogP contribution is 2.31. The SMILES string of the molecule is Cn1c(C(NC(=O)c2c(Br)c3ccccc3n2C)c2ccccc2)nc2ccccc21. The first-order chi connectivity index (χ1) is 15.1. The molecular formula is C25H21BrN4O. The molecule has 5 aromatic rings. The monoisotopic (exact) mass is 472 g/mol. The van der Waals surface area contributed by atoms with E-state index in [9.17, 15) is 4.79 Å². The van der Waals surface area contributed by atoms with Gasteiger partial charge in [-0.1, -0.05) is 60.7 Å². The van der Waals surface area contributed by atoms with E-state index in [-0.39, 0.29) is 5.91 Å². The van der Waals surface area contributed by atoms with Gasteiger partial charge in [-0.25, -0.2) is 4.98 Å². The Morgan fingerprint density at radius 1 is 0.871 bits per heavy atom. The third-order valence-corrected chi connectivity index (χ3v) is 6.55. The number of amides is 1. The van der Waals surface area contributed by atoms with E-state index in [0.29, 0.717) is 5.69 Å². The molecule has 31 heavy (non-hydrogen) atoms. The van der Waals surface area contributed by atoms with Gasteiger partial charge >= 0.3 is 0 Å². The molecule has 1 N–H and O–H groups in total. The minimum atomic E-state index is -0.393. The van der Waals surface area contributed by atoms with Crippen LogP contribution >= 0.6 is 15.9 Å². The Bertz CT molecular complexity index is 1380. The first kappa shape index (κ1) is 19.6. The van der Waals surface area contributed by atoms with Gasteiger partial charge in [0.25, 0.3) is 5.91 Å². The number of imidazole rings is 1. The maximum Gasteiger partial charge on any atom is 0.269 e. The van der Waals surface area contributed by atoms with Gasteiger partial charge in [0.2, 0.25) is 0 Å². The fourth-order valence-electron chi connectivity index (χ4n) is 4.16. The summed E-state index contributed by atoms with van der Waals surface area (Å²) in [5.41, 5.74) is 4.49. The van der Waals surface area contributed by atoms with Crippen molar-refractivity contribution in [2.24, 2.45) is 14.1 Å². The lowest BCUT2D eigenvalue weighted by atomic mass is 10.1. The van der Waals surface area contributed by atoms with Gasteiger partial charge in [0.1, 0.15) is 17.6 Å². The summed E-state index contributed by atoms with van der Waals surface area (Å²) in [5, 5.41) is 4.25. The molecule has 1 atom stereocenters. The first-order valence-electron chi connectivity index (χ1n) is 10.1. The van der Waals surface area contributed by atoms with E-state index < -0.39 is 6.04 Å². The molecule has 1 amide bonds. The second-order valence-corrected chi connectivity index (χ2v) is 8.37. The number of aryl methyl sites for hydroxylation is 2. The van der Waals surface area contributed by atoms with Crippen molar-refractivity contribution < 1.29 is 4.79 Å². The molecular weight excluding hydrogens is 452 g/mol. The molecule has 2 heterocycles. The lowest BCUT2D eigenvalue weighted by Crippen LogP contribution is -2.32. The van der Waals surface area contributed by atoms with Crippen molar-refractivity contribution in [1.82, 2.24) is 19.4 Å². The number of nitrogens with zero attached hydrogens (tertiary/aromatic N) is 3. The molecule has 2 aromatic heterocycles. The molecule has 0 aliphatic carbocycles. The van der Waals surface area contributed by atoms with Crippen molar-refractivity contribution in [3.8, 4) is 0 Å². The predicted molar refractivity (Wildman–Crippen MR) is 127 cm³/mol. The standard InChI is InChI=1S/C25H21BrN4O/c1-29-19-14-8-6-12-17(19)21(26)23(29)25(31)28-22(16-10-4-3-5-11-16)24-27-18-13-7-9-15-20(18)30(24)2/h3-15,22H,1-2H3,(H,28,31). The summed E-state index contributed by atoms with van der Waals surface area (Å²) in [4.78, 5) is 18.4. The lowest BCUT2D eigenvalue weighted by Gasteiger charge is -2.20. The molecule has 154 valence electrons. The number of rotatable bonds is 4. The van der Waals surface area contributed by atoms with Crippen molar-refractivity contribution in [1.29, 1.82) is 0 Å². The van der Waals surface area contributed by atoms with Gasteiger partial charge in [-0.05, 0) is 39.7 Å². The van der Waals surface area contributed by atoms with Crippen molar-refractivity contribution >= 4 is 43.8 Å². The van der Waals surface area contributed by atoms with E-state index in [1.165, 1.54) is 0 Å². The Hall–Kier alpha value is -3.38. The Morgan fingerprint density at radius 2 is 1.52 bits per heavy atom. The van der Waals surface area contributed by atoms with Gasteiger partial charge in [-0.2, -0.15) is 0 Å². The number of hydrogen-bond acceptors (Lipinski definition) is 2. The Morgan fingerprint density at radius 3 is 2.23 bits per heavy atom. The minimum absolute atomic E-state index is 0.161. The number of nitrogens with one attached hydrogen (secondary N) is 1. The summed E-state index contributed by atoms with van der Waals surface area (Å²) in [6.45, 7) is 0. The van der Waals surface area contributed by atoms with Crippen molar-refractivity contribution in [2.75, 3.05) is 0 Å². The number of hydrogen-bond donors (Lipinski definition) is 1. The maximum absolute atomic E-state index is 13.5. The van der Waals surface area contributed by atoms with Crippen LogP contribution in [-0.4, -0.2) is 20.0 Å². The third kappa shape index (κ3) is 3.24. The molecule has 0 bridgehead atoms. The Kier molecular flexibility index (Phi) is 4.87. The van der Waals surface area contributed by atoms with Crippen LogP contribution in [0.25, 0.3) is 21.9 Å². The summed E-state index contributed by atoms with van der Waals surface area (Å²) in [5.74, 6) is 0.627. The lowest BCUT2D eigenvalue weighted by molar-refractivity contribution is 0.0932. The van der Waals surface area contributed by atoms with E-state index in [1.807, 2.05) is 102 Å². The molecule has 6 heteroatoms. The molecule has 0 spiro atoms. The van der Waals surface area contributed by atoms with Crippen LogP contribution in [0.5, 0.6) is 0 Å². The highest BCUT2D eigenvalue weighted by Gasteiger charge is 2.26. The van der Waals surface area contributed by atoms with Crippen LogP contribution < -0.4 is 5.32 Å². The fraction of sp³-hybridized carbons (Fsp3) is 0.120. The van der Waals surface area contributed by atoms with E-state index >= 15 is 0 Å².